The minimum atomic E-state index is 0.105. The molecule has 110 valence electrons. The highest BCUT2D eigenvalue weighted by molar-refractivity contribution is 5.94. The van der Waals surface area contributed by atoms with Gasteiger partial charge in [0.2, 0.25) is 5.91 Å². The van der Waals surface area contributed by atoms with Gasteiger partial charge >= 0.3 is 0 Å². The second-order valence-electron chi connectivity index (χ2n) is 5.00. The van der Waals surface area contributed by atoms with E-state index in [1.165, 1.54) is 0 Å². The zero-order valence-electron chi connectivity index (χ0n) is 12.8. The lowest BCUT2D eigenvalue weighted by molar-refractivity contribution is -0.117. The predicted octanol–water partition coefficient (Wildman–Crippen LogP) is 3.60. The molecular weight excluding hydrogens is 262 g/mol. The molecule has 2 rings (SSSR count). The molecule has 0 aliphatic heterocycles. The van der Waals surface area contributed by atoms with Gasteiger partial charge in [-0.15, -0.1) is 0 Å². The van der Waals surface area contributed by atoms with Crippen LogP contribution in [-0.4, -0.2) is 19.6 Å². The highest BCUT2D eigenvalue weighted by Gasteiger charge is 2.14. The molecule has 0 saturated carbocycles. The van der Waals surface area contributed by atoms with E-state index in [9.17, 15) is 4.79 Å². The molecule has 2 aromatic rings. The summed E-state index contributed by atoms with van der Waals surface area (Å²) in [6, 6.07) is 15.6. The van der Waals surface area contributed by atoms with Crippen LogP contribution in [0.25, 0.3) is 0 Å². The number of aryl methyl sites for hydroxylation is 1. The van der Waals surface area contributed by atoms with Crippen molar-refractivity contribution in [2.24, 2.45) is 0 Å². The van der Waals surface area contributed by atoms with Gasteiger partial charge in [0.15, 0.2) is 0 Å². The number of ether oxygens (including phenoxy) is 1. The van der Waals surface area contributed by atoms with Gasteiger partial charge in [0.1, 0.15) is 5.75 Å². The zero-order chi connectivity index (χ0) is 15.2. The fraction of sp³-hybridized carbons (Fsp3) is 0.278. The Morgan fingerprint density at radius 3 is 2.43 bits per heavy atom. The number of likely N-dealkylation sites (N-methyl/N-ethyl adjacent to an activating group) is 1. The first-order chi connectivity index (χ1) is 10.1. The Labute approximate surface area is 126 Å². The third-order valence-corrected chi connectivity index (χ3v) is 3.45. The fourth-order valence-corrected chi connectivity index (χ4v) is 2.31. The van der Waals surface area contributed by atoms with Gasteiger partial charge in [-0.1, -0.05) is 24.3 Å². The summed E-state index contributed by atoms with van der Waals surface area (Å²) < 4.78 is 5.13. The number of nitrogens with zero attached hydrogens (tertiary/aromatic N) is 1. The second-order valence-corrected chi connectivity index (χ2v) is 5.00. The lowest BCUT2D eigenvalue weighted by Gasteiger charge is -2.21. The van der Waals surface area contributed by atoms with Gasteiger partial charge < -0.3 is 9.64 Å². The van der Waals surface area contributed by atoms with Gasteiger partial charge in [0, 0.05) is 12.2 Å². The summed E-state index contributed by atoms with van der Waals surface area (Å²) in [6.45, 7) is 4.69. The summed E-state index contributed by atoms with van der Waals surface area (Å²) in [5.41, 5.74) is 3.10. The van der Waals surface area contributed by atoms with Crippen LogP contribution in [0.5, 0.6) is 5.75 Å². The predicted molar refractivity (Wildman–Crippen MR) is 85.9 cm³/mol. The van der Waals surface area contributed by atoms with E-state index in [2.05, 4.69) is 0 Å². The molecule has 0 aliphatic rings. The Bertz CT molecular complexity index is 605. The van der Waals surface area contributed by atoms with E-state index in [0.717, 1.165) is 22.6 Å². The molecule has 21 heavy (non-hydrogen) atoms. The van der Waals surface area contributed by atoms with Crippen LogP contribution in [0.3, 0.4) is 0 Å². The highest BCUT2D eigenvalue weighted by atomic mass is 16.5. The van der Waals surface area contributed by atoms with E-state index in [-0.39, 0.29) is 5.91 Å². The molecule has 3 heteroatoms. The van der Waals surface area contributed by atoms with Crippen molar-refractivity contribution in [3.63, 3.8) is 0 Å². The number of methoxy groups -OCH3 is 1. The molecule has 0 bridgehead atoms. The van der Waals surface area contributed by atoms with E-state index >= 15 is 0 Å². The largest absolute Gasteiger partial charge is 0.497 e. The molecule has 0 aliphatic carbocycles. The van der Waals surface area contributed by atoms with Crippen molar-refractivity contribution >= 4 is 11.6 Å². The highest BCUT2D eigenvalue weighted by Crippen LogP contribution is 2.18. The third-order valence-electron chi connectivity index (χ3n) is 3.45. The van der Waals surface area contributed by atoms with Crippen molar-refractivity contribution < 1.29 is 9.53 Å². The van der Waals surface area contributed by atoms with E-state index in [1.54, 1.807) is 7.11 Å². The molecule has 0 fully saturated rings. The standard InChI is InChI=1S/C18H21NO2/c1-4-19(16-7-5-6-14(2)12-16)18(20)13-15-8-10-17(21-3)11-9-15/h5-12H,4,13H2,1-3H3. The SMILES string of the molecule is CCN(C(=O)Cc1ccc(OC)cc1)c1cccc(C)c1. The third kappa shape index (κ3) is 3.85. The van der Waals surface area contributed by atoms with Gasteiger partial charge in [0.05, 0.1) is 13.5 Å². The molecule has 0 N–H and O–H groups in total. The Morgan fingerprint density at radius 2 is 1.86 bits per heavy atom. The van der Waals surface area contributed by atoms with Crippen LogP contribution < -0.4 is 9.64 Å². The molecule has 0 unspecified atom stereocenters. The van der Waals surface area contributed by atoms with Gasteiger partial charge in [-0.2, -0.15) is 0 Å². The van der Waals surface area contributed by atoms with Gasteiger partial charge in [0.25, 0.3) is 0 Å². The summed E-state index contributed by atoms with van der Waals surface area (Å²) in [5, 5.41) is 0. The van der Waals surface area contributed by atoms with Crippen LogP contribution in [0.4, 0.5) is 5.69 Å². The average molecular weight is 283 g/mol. The van der Waals surface area contributed by atoms with Crippen LogP contribution in [0.2, 0.25) is 0 Å². The fourth-order valence-electron chi connectivity index (χ4n) is 2.31. The lowest BCUT2D eigenvalue weighted by Crippen LogP contribution is -2.32. The molecule has 0 spiro atoms. The van der Waals surface area contributed by atoms with Crippen molar-refractivity contribution in [1.29, 1.82) is 0 Å². The van der Waals surface area contributed by atoms with Crippen LogP contribution in [-0.2, 0) is 11.2 Å². The first kappa shape index (κ1) is 15.1. The number of carbonyl (C=O) groups is 1. The monoisotopic (exact) mass is 283 g/mol. The summed E-state index contributed by atoms with van der Waals surface area (Å²) >= 11 is 0. The normalized spacial score (nSPS) is 10.2. The number of hydrogen-bond acceptors (Lipinski definition) is 2. The Hall–Kier alpha value is -2.29. The van der Waals surface area contributed by atoms with E-state index in [1.807, 2.05) is 67.3 Å². The maximum atomic E-state index is 12.5. The van der Waals surface area contributed by atoms with Crippen LogP contribution in [0.1, 0.15) is 18.1 Å². The number of amides is 1. The van der Waals surface area contributed by atoms with Crippen LogP contribution >= 0.6 is 0 Å². The molecule has 3 nitrogen and oxygen atoms in total. The van der Waals surface area contributed by atoms with Crippen molar-refractivity contribution in [2.45, 2.75) is 20.3 Å². The maximum Gasteiger partial charge on any atom is 0.231 e. The van der Waals surface area contributed by atoms with E-state index in [0.29, 0.717) is 13.0 Å². The van der Waals surface area contributed by atoms with Crippen LogP contribution in [0.15, 0.2) is 48.5 Å². The summed E-state index contributed by atoms with van der Waals surface area (Å²) in [4.78, 5) is 14.3. The minimum absolute atomic E-state index is 0.105. The average Bonchev–Trinajstić information content (AvgIpc) is 2.49. The maximum absolute atomic E-state index is 12.5. The van der Waals surface area contributed by atoms with E-state index < -0.39 is 0 Å². The number of hydrogen-bond donors (Lipinski definition) is 0. The first-order valence-corrected chi connectivity index (χ1v) is 7.14. The summed E-state index contributed by atoms with van der Waals surface area (Å²) in [5.74, 6) is 0.908. The number of benzene rings is 2. The topological polar surface area (TPSA) is 29.5 Å². The molecule has 2 aromatic carbocycles. The Kier molecular flexibility index (Phi) is 4.99. The van der Waals surface area contributed by atoms with Gasteiger partial charge in [-0.25, -0.2) is 0 Å². The first-order valence-electron chi connectivity index (χ1n) is 7.14. The molecule has 0 saturated heterocycles. The van der Waals surface area contributed by atoms with Crippen molar-refractivity contribution in [3.05, 3.63) is 59.7 Å². The Morgan fingerprint density at radius 1 is 1.14 bits per heavy atom. The molecule has 0 radical (unpaired) electrons. The minimum Gasteiger partial charge on any atom is -0.497 e. The number of anilines is 1. The molecule has 0 heterocycles. The van der Waals surface area contributed by atoms with E-state index in [4.69, 9.17) is 4.74 Å². The zero-order valence-corrected chi connectivity index (χ0v) is 12.8. The van der Waals surface area contributed by atoms with Gasteiger partial charge in [-0.3, -0.25) is 4.79 Å². The van der Waals surface area contributed by atoms with Gasteiger partial charge in [-0.05, 0) is 49.2 Å². The van der Waals surface area contributed by atoms with Crippen LogP contribution in [0, 0.1) is 6.92 Å². The molecule has 0 aromatic heterocycles. The molecule has 0 atom stereocenters. The van der Waals surface area contributed by atoms with Crippen molar-refractivity contribution in [1.82, 2.24) is 0 Å². The van der Waals surface area contributed by atoms with Crippen molar-refractivity contribution in [3.8, 4) is 5.75 Å². The number of carbonyl (C=O) groups excluding carboxylic acids is 1. The summed E-state index contributed by atoms with van der Waals surface area (Å²) in [7, 11) is 1.64. The Balaban J connectivity index is 2.12. The summed E-state index contributed by atoms with van der Waals surface area (Å²) in [6.07, 6.45) is 0.395. The smallest absolute Gasteiger partial charge is 0.231 e. The lowest BCUT2D eigenvalue weighted by atomic mass is 10.1. The number of rotatable bonds is 5. The second kappa shape index (κ2) is 6.93. The molecule has 1 amide bonds. The molecular formula is C18H21NO2. The van der Waals surface area contributed by atoms with Crippen molar-refractivity contribution in [2.75, 3.05) is 18.6 Å². The quantitative estimate of drug-likeness (QED) is 0.839.